The van der Waals surface area contributed by atoms with Crippen molar-refractivity contribution >= 4 is 0 Å². The van der Waals surface area contributed by atoms with Crippen LogP contribution in [0.3, 0.4) is 0 Å². The first-order valence-corrected chi connectivity index (χ1v) is 7.55. The van der Waals surface area contributed by atoms with E-state index in [1.165, 1.54) is 33.4 Å². The highest BCUT2D eigenvalue weighted by atomic mass is 14.3. The summed E-state index contributed by atoms with van der Waals surface area (Å²) < 4.78 is 0. The molecule has 2 unspecified atom stereocenters. The summed E-state index contributed by atoms with van der Waals surface area (Å²) in [5.74, 6) is 1.08. The molecule has 0 heteroatoms. The van der Waals surface area contributed by atoms with Gasteiger partial charge in [0.25, 0.3) is 0 Å². The quantitative estimate of drug-likeness (QED) is 0.656. The molecule has 0 amide bonds. The second-order valence-corrected chi connectivity index (χ2v) is 6.19. The van der Waals surface area contributed by atoms with Crippen LogP contribution in [0.1, 0.15) is 59.1 Å². The molecule has 0 fully saturated rings. The van der Waals surface area contributed by atoms with Gasteiger partial charge in [0.1, 0.15) is 0 Å². The average molecular weight is 266 g/mol. The summed E-state index contributed by atoms with van der Waals surface area (Å²) in [6.45, 7) is 13.7. The van der Waals surface area contributed by atoms with E-state index < -0.39 is 0 Å². The lowest BCUT2D eigenvalue weighted by Gasteiger charge is -2.27. The zero-order valence-corrected chi connectivity index (χ0v) is 13.6. The summed E-state index contributed by atoms with van der Waals surface area (Å²) in [6.07, 6.45) is 0. The lowest BCUT2D eigenvalue weighted by Crippen LogP contribution is -2.10. The molecule has 0 nitrogen and oxygen atoms in total. The van der Waals surface area contributed by atoms with Crippen LogP contribution in [0.25, 0.3) is 0 Å². The largest absolute Gasteiger partial charge is 0.0617 e. The predicted octanol–water partition coefficient (Wildman–Crippen LogP) is 5.83. The van der Waals surface area contributed by atoms with Gasteiger partial charge in [-0.15, -0.1) is 0 Å². The Hall–Kier alpha value is -1.56. The Morgan fingerprint density at radius 2 is 0.800 bits per heavy atom. The van der Waals surface area contributed by atoms with Crippen LogP contribution in [-0.4, -0.2) is 0 Å². The smallest absolute Gasteiger partial charge is 0.0119 e. The second kappa shape index (κ2) is 5.83. The maximum Gasteiger partial charge on any atom is -0.0119 e. The predicted molar refractivity (Wildman–Crippen MR) is 88.7 cm³/mol. The molecular formula is C20H26. The summed E-state index contributed by atoms with van der Waals surface area (Å²) in [7, 11) is 0. The highest BCUT2D eigenvalue weighted by Crippen LogP contribution is 2.38. The minimum atomic E-state index is 0.538. The fraction of sp³-hybridized carbons (Fsp3) is 0.400. The Balaban J connectivity index is 2.46. The SMILES string of the molecule is Cc1cccc(C)c1C(C)C(C)c1c(C)cccc1C. The van der Waals surface area contributed by atoms with Crippen LogP contribution in [0.4, 0.5) is 0 Å². The Labute approximate surface area is 123 Å². The van der Waals surface area contributed by atoms with Crippen molar-refractivity contribution in [3.8, 4) is 0 Å². The van der Waals surface area contributed by atoms with Crippen LogP contribution < -0.4 is 0 Å². The van der Waals surface area contributed by atoms with E-state index in [9.17, 15) is 0 Å². The molecule has 0 aliphatic rings. The number of aryl methyl sites for hydroxylation is 4. The third-order valence-corrected chi connectivity index (χ3v) is 4.74. The molecule has 0 aromatic heterocycles. The van der Waals surface area contributed by atoms with Gasteiger partial charge >= 0.3 is 0 Å². The van der Waals surface area contributed by atoms with Crippen molar-refractivity contribution in [2.75, 3.05) is 0 Å². The van der Waals surface area contributed by atoms with Gasteiger partial charge in [-0.1, -0.05) is 50.2 Å². The molecule has 0 saturated carbocycles. The first kappa shape index (κ1) is 14.8. The highest BCUT2D eigenvalue weighted by Gasteiger charge is 2.21. The fourth-order valence-electron chi connectivity index (χ4n) is 3.59. The van der Waals surface area contributed by atoms with Crippen LogP contribution >= 0.6 is 0 Å². The van der Waals surface area contributed by atoms with E-state index in [2.05, 4.69) is 77.9 Å². The third-order valence-electron chi connectivity index (χ3n) is 4.74. The molecule has 0 N–H and O–H groups in total. The van der Waals surface area contributed by atoms with Crippen molar-refractivity contribution in [2.24, 2.45) is 0 Å². The first-order valence-electron chi connectivity index (χ1n) is 7.55. The zero-order chi connectivity index (χ0) is 14.9. The van der Waals surface area contributed by atoms with E-state index >= 15 is 0 Å². The van der Waals surface area contributed by atoms with Crippen molar-refractivity contribution in [1.82, 2.24) is 0 Å². The van der Waals surface area contributed by atoms with Crippen molar-refractivity contribution in [3.05, 3.63) is 69.8 Å². The topological polar surface area (TPSA) is 0 Å². The van der Waals surface area contributed by atoms with Crippen molar-refractivity contribution < 1.29 is 0 Å². The lowest BCUT2D eigenvalue weighted by atomic mass is 9.78. The first-order chi connectivity index (χ1) is 9.43. The van der Waals surface area contributed by atoms with Gasteiger partial charge in [0, 0.05) is 0 Å². The maximum atomic E-state index is 2.37. The number of benzene rings is 2. The zero-order valence-electron chi connectivity index (χ0n) is 13.6. The van der Waals surface area contributed by atoms with Gasteiger partial charge in [0.15, 0.2) is 0 Å². The molecular weight excluding hydrogens is 240 g/mol. The molecule has 0 aliphatic heterocycles. The summed E-state index contributed by atoms with van der Waals surface area (Å²) in [6, 6.07) is 13.2. The third kappa shape index (κ3) is 2.65. The van der Waals surface area contributed by atoms with Gasteiger partial charge in [-0.05, 0) is 72.9 Å². The Kier molecular flexibility index (Phi) is 4.32. The van der Waals surface area contributed by atoms with E-state index in [0.717, 1.165) is 0 Å². The molecule has 2 aromatic rings. The van der Waals surface area contributed by atoms with Crippen LogP contribution in [-0.2, 0) is 0 Å². The molecule has 0 aliphatic carbocycles. The minimum Gasteiger partial charge on any atom is -0.0617 e. The monoisotopic (exact) mass is 266 g/mol. The molecule has 0 saturated heterocycles. The van der Waals surface area contributed by atoms with Crippen LogP contribution in [0, 0.1) is 27.7 Å². The minimum absolute atomic E-state index is 0.538. The van der Waals surface area contributed by atoms with Gasteiger partial charge in [-0.2, -0.15) is 0 Å². The normalized spacial score (nSPS) is 14.1. The van der Waals surface area contributed by atoms with Crippen LogP contribution in [0.2, 0.25) is 0 Å². The Bertz CT molecular complexity index is 511. The Morgan fingerprint density at radius 1 is 0.550 bits per heavy atom. The molecule has 2 atom stereocenters. The van der Waals surface area contributed by atoms with Gasteiger partial charge in [-0.25, -0.2) is 0 Å². The maximum absolute atomic E-state index is 2.37. The average Bonchev–Trinajstić information content (AvgIpc) is 2.37. The van der Waals surface area contributed by atoms with Crippen molar-refractivity contribution in [3.63, 3.8) is 0 Å². The van der Waals surface area contributed by atoms with E-state index in [4.69, 9.17) is 0 Å². The van der Waals surface area contributed by atoms with Gasteiger partial charge in [0.05, 0.1) is 0 Å². The standard InChI is InChI=1S/C20H26/c1-13-9-7-10-14(2)19(13)17(5)18(6)20-15(3)11-8-12-16(20)4/h7-12,17-18H,1-6H3. The summed E-state index contributed by atoms with van der Waals surface area (Å²) in [5, 5.41) is 0. The van der Waals surface area contributed by atoms with Gasteiger partial charge < -0.3 is 0 Å². The van der Waals surface area contributed by atoms with E-state index in [-0.39, 0.29) is 0 Å². The molecule has 0 spiro atoms. The van der Waals surface area contributed by atoms with Gasteiger partial charge in [0.2, 0.25) is 0 Å². The fourth-order valence-corrected chi connectivity index (χ4v) is 3.59. The van der Waals surface area contributed by atoms with E-state index in [0.29, 0.717) is 11.8 Å². The lowest BCUT2D eigenvalue weighted by molar-refractivity contribution is 0.611. The molecule has 2 aromatic carbocycles. The van der Waals surface area contributed by atoms with Crippen LogP contribution in [0.5, 0.6) is 0 Å². The summed E-state index contributed by atoms with van der Waals surface area (Å²) >= 11 is 0. The van der Waals surface area contributed by atoms with E-state index in [1.807, 2.05) is 0 Å². The summed E-state index contributed by atoms with van der Waals surface area (Å²) in [4.78, 5) is 0. The van der Waals surface area contributed by atoms with Gasteiger partial charge in [-0.3, -0.25) is 0 Å². The molecule has 0 heterocycles. The number of rotatable bonds is 3. The second-order valence-electron chi connectivity index (χ2n) is 6.19. The Morgan fingerprint density at radius 3 is 1.05 bits per heavy atom. The molecule has 2 rings (SSSR count). The van der Waals surface area contributed by atoms with E-state index in [1.54, 1.807) is 0 Å². The molecule has 106 valence electrons. The molecule has 20 heavy (non-hydrogen) atoms. The summed E-state index contributed by atoms with van der Waals surface area (Å²) in [5.41, 5.74) is 8.68. The van der Waals surface area contributed by atoms with Crippen LogP contribution in [0.15, 0.2) is 36.4 Å². The number of hydrogen-bond donors (Lipinski definition) is 0. The highest BCUT2D eigenvalue weighted by molar-refractivity contribution is 5.42. The molecule has 0 radical (unpaired) electrons. The molecule has 0 bridgehead atoms. The van der Waals surface area contributed by atoms with Crippen molar-refractivity contribution in [1.29, 1.82) is 0 Å². The van der Waals surface area contributed by atoms with Crippen molar-refractivity contribution in [2.45, 2.75) is 53.4 Å². The number of hydrogen-bond acceptors (Lipinski definition) is 0.